The number of alkyl halides is 3. The van der Waals surface area contributed by atoms with E-state index in [0.29, 0.717) is 22.7 Å². The van der Waals surface area contributed by atoms with Gasteiger partial charge in [-0.3, -0.25) is 0 Å². The summed E-state index contributed by atoms with van der Waals surface area (Å²) >= 11 is 6.13. The summed E-state index contributed by atoms with van der Waals surface area (Å²) in [6.45, 7) is 2.67. The van der Waals surface area contributed by atoms with Gasteiger partial charge in [0, 0.05) is 16.3 Å². The lowest BCUT2D eigenvalue weighted by Gasteiger charge is -2.50. The van der Waals surface area contributed by atoms with Crippen LogP contribution in [0.25, 0.3) is 0 Å². The third kappa shape index (κ3) is 3.08. The number of amides is 2. The number of nitrogens with zero attached hydrogens (tertiary/aromatic N) is 1. The minimum Gasteiger partial charge on any atom is -0.307 e. The molecular weight excluding hydrogens is 341 g/mol. The highest BCUT2D eigenvalue weighted by molar-refractivity contribution is 6.30. The lowest BCUT2D eigenvalue weighted by atomic mass is 9.75. The lowest BCUT2D eigenvalue weighted by molar-refractivity contribution is -0.154. The van der Waals surface area contributed by atoms with Gasteiger partial charge in [-0.25, -0.2) is 4.79 Å². The quantitative estimate of drug-likeness (QED) is 0.765. The highest BCUT2D eigenvalue weighted by Crippen LogP contribution is 2.57. The second-order valence-electron chi connectivity index (χ2n) is 7.12. The largest absolute Gasteiger partial charge is 0.406 e. The Labute approximate surface area is 144 Å². The van der Waals surface area contributed by atoms with Crippen LogP contribution in [0.3, 0.4) is 0 Å². The molecule has 1 saturated carbocycles. The molecule has 1 N–H and O–H groups in total. The average Bonchev–Trinajstić information content (AvgIpc) is 3.27. The molecule has 2 aliphatic rings. The number of anilines is 1. The minimum absolute atomic E-state index is 0.0329. The van der Waals surface area contributed by atoms with E-state index in [4.69, 9.17) is 11.6 Å². The molecule has 0 radical (unpaired) electrons. The Kier molecular flexibility index (Phi) is 4.22. The zero-order valence-electron chi connectivity index (χ0n) is 13.6. The van der Waals surface area contributed by atoms with Gasteiger partial charge in [0.1, 0.15) is 6.54 Å². The first kappa shape index (κ1) is 17.4. The standard InChI is InChI=1S/C17H20ClF3N2O/c1-10(2)8-16(11-3-4-11)13-7-12(18)5-6-14(13)22-15(24)23(16)9-17(19,20)21/h5-7,10-11H,3-4,8-9H2,1-2H3,(H,22,24). The van der Waals surface area contributed by atoms with Crippen LogP contribution >= 0.6 is 11.6 Å². The van der Waals surface area contributed by atoms with E-state index >= 15 is 0 Å². The molecule has 2 amide bonds. The second-order valence-corrected chi connectivity index (χ2v) is 7.55. The molecule has 1 heterocycles. The van der Waals surface area contributed by atoms with E-state index in [1.165, 1.54) is 0 Å². The Morgan fingerprint density at radius 2 is 2.04 bits per heavy atom. The van der Waals surface area contributed by atoms with Crippen molar-refractivity contribution in [3.8, 4) is 0 Å². The van der Waals surface area contributed by atoms with Gasteiger partial charge in [-0.1, -0.05) is 25.4 Å². The van der Waals surface area contributed by atoms with Crippen molar-refractivity contribution in [1.29, 1.82) is 0 Å². The fourth-order valence-corrected chi connectivity index (χ4v) is 4.07. The van der Waals surface area contributed by atoms with Crippen LogP contribution in [-0.2, 0) is 5.54 Å². The normalized spacial score (nSPS) is 24.1. The van der Waals surface area contributed by atoms with E-state index in [1.807, 2.05) is 13.8 Å². The predicted octanol–water partition coefficient (Wildman–Crippen LogP) is 5.40. The number of urea groups is 1. The van der Waals surface area contributed by atoms with Gasteiger partial charge in [0.05, 0.1) is 5.54 Å². The SMILES string of the molecule is CC(C)CC1(C2CC2)c2cc(Cl)ccc2NC(=O)N1CC(F)(F)F. The molecule has 0 bridgehead atoms. The van der Waals surface area contributed by atoms with Crippen LogP contribution in [0.15, 0.2) is 18.2 Å². The van der Waals surface area contributed by atoms with Crippen LogP contribution in [0, 0.1) is 11.8 Å². The Balaban J connectivity index is 2.18. The number of benzene rings is 1. The van der Waals surface area contributed by atoms with Crippen LogP contribution in [0.4, 0.5) is 23.7 Å². The highest BCUT2D eigenvalue weighted by Gasteiger charge is 2.57. The van der Waals surface area contributed by atoms with Gasteiger partial charge >= 0.3 is 12.2 Å². The predicted molar refractivity (Wildman–Crippen MR) is 87.1 cm³/mol. The topological polar surface area (TPSA) is 32.3 Å². The third-order valence-electron chi connectivity index (χ3n) is 4.73. The molecular formula is C17H20ClF3N2O. The van der Waals surface area contributed by atoms with E-state index in [1.54, 1.807) is 18.2 Å². The molecule has 1 aliphatic carbocycles. The first-order valence-electron chi connectivity index (χ1n) is 8.09. The Bertz CT molecular complexity index is 658. The summed E-state index contributed by atoms with van der Waals surface area (Å²) in [7, 11) is 0. The molecule has 0 saturated heterocycles. The van der Waals surface area contributed by atoms with Crippen molar-refractivity contribution >= 4 is 23.3 Å². The second kappa shape index (κ2) is 5.83. The highest BCUT2D eigenvalue weighted by atomic mass is 35.5. The summed E-state index contributed by atoms with van der Waals surface area (Å²) in [6, 6.07) is 4.35. The number of hydrogen-bond donors (Lipinski definition) is 1. The molecule has 1 aromatic carbocycles. The molecule has 24 heavy (non-hydrogen) atoms. The van der Waals surface area contributed by atoms with Crippen LogP contribution in [-0.4, -0.2) is 23.7 Å². The van der Waals surface area contributed by atoms with Crippen molar-refractivity contribution < 1.29 is 18.0 Å². The molecule has 1 aliphatic heterocycles. The van der Waals surface area contributed by atoms with Gasteiger partial charge in [-0.05, 0) is 49.3 Å². The van der Waals surface area contributed by atoms with E-state index in [-0.39, 0.29) is 11.8 Å². The third-order valence-corrected chi connectivity index (χ3v) is 4.96. The van der Waals surface area contributed by atoms with Crippen molar-refractivity contribution in [2.24, 2.45) is 11.8 Å². The number of carbonyl (C=O) groups is 1. The number of rotatable bonds is 4. The molecule has 3 rings (SSSR count). The fraction of sp³-hybridized carbons (Fsp3) is 0.588. The molecule has 1 aromatic rings. The number of fused-ring (bicyclic) bond motifs is 1. The number of nitrogens with one attached hydrogen (secondary N) is 1. The summed E-state index contributed by atoms with van der Waals surface area (Å²) in [4.78, 5) is 13.5. The van der Waals surface area contributed by atoms with Crippen molar-refractivity contribution in [1.82, 2.24) is 4.90 Å². The fourth-order valence-electron chi connectivity index (χ4n) is 3.90. The Morgan fingerprint density at radius 1 is 1.38 bits per heavy atom. The Morgan fingerprint density at radius 3 is 2.58 bits per heavy atom. The van der Waals surface area contributed by atoms with E-state index in [9.17, 15) is 18.0 Å². The van der Waals surface area contributed by atoms with Gasteiger partial charge in [-0.2, -0.15) is 13.2 Å². The molecule has 0 spiro atoms. The maximum atomic E-state index is 13.2. The molecule has 1 unspecified atom stereocenters. The van der Waals surface area contributed by atoms with Crippen LogP contribution < -0.4 is 5.32 Å². The van der Waals surface area contributed by atoms with Crippen LogP contribution in [0.2, 0.25) is 5.02 Å². The van der Waals surface area contributed by atoms with Crippen LogP contribution in [0.5, 0.6) is 0 Å². The lowest BCUT2D eigenvalue weighted by Crippen LogP contribution is -2.59. The molecule has 7 heteroatoms. The number of hydrogen-bond acceptors (Lipinski definition) is 1. The van der Waals surface area contributed by atoms with E-state index in [2.05, 4.69) is 5.32 Å². The monoisotopic (exact) mass is 360 g/mol. The van der Waals surface area contributed by atoms with Crippen molar-refractivity contribution in [3.63, 3.8) is 0 Å². The van der Waals surface area contributed by atoms with E-state index < -0.39 is 24.3 Å². The van der Waals surface area contributed by atoms with Gasteiger partial charge in [0.2, 0.25) is 0 Å². The zero-order chi connectivity index (χ0) is 17.7. The number of carbonyl (C=O) groups excluding carboxylic acids is 1. The van der Waals surface area contributed by atoms with Gasteiger partial charge in [0.15, 0.2) is 0 Å². The molecule has 132 valence electrons. The zero-order valence-corrected chi connectivity index (χ0v) is 14.3. The Hall–Kier alpha value is -1.43. The summed E-state index contributed by atoms with van der Waals surface area (Å²) in [5.41, 5.74) is 0.317. The average molecular weight is 361 g/mol. The van der Waals surface area contributed by atoms with Gasteiger partial charge < -0.3 is 10.2 Å². The summed E-state index contributed by atoms with van der Waals surface area (Å²) < 4.78 is 39.6. The van der Waals surface area contributed by atoms with Crippen molar-refractivity contribution in [2.45, 2.75) is 44.8 Å². The number of halogens is 4. The van der Waals surface area contributed by atoms with Gasteiger partial charge in [-0.15, -0.1) is 0 Å². The van der Waals surface area contributed by atoms with E-state index in [0.717, 1.165) is 17.7 Å². The van der Waals surface area contributed by atoms with Gasteiger partial charge in [0.25, 0.3) is 0 Å². The molecule has 0 aromatic heterocycles. The molecule has 1 atom stereocenters. The summed E-state index contributed by atoms with van der Waals surface area (Å²) in [6.07, 6.45) is -2.33. The molecule has 3 nitrogen and oxygen atoms in total. The summed E-state index contributed by atoms with van der Waals surface area (Å²) in [5, 5.41) is 3.06. The van der Waals surface area contributed by atoms with Crippen molar-refractivity contribution in [2.75, 3.05) is 11.9 Å². The maximum absolute atomic E-state index is 13.2. The van der Waals surface area contributed by atoms with Crippen LogP contribution in [0.1, 0.15) is 38.7 Å². The smallest absolute Gasteiger partial charge is 0.307 e. The summed E-state index contributed by atoms with van der Waals surface area (Å²) in [5.74, 6) is 0.171. The first-order valence-corrected chi connectivity index (χ1v) is 8.46. The maximum Gasteiger partial charge on any atom is 0.406 e. The van der Waals surface area contributed by atoms with Crippen molar-refractivity contribution in [3.05, 3.63) is 28.8 Å². The minimum atomic E-state index is -4.45. The molecule has 1 fully saturated rings. The first-order chi connectivity index (χ1) is 11.1.